The van der Waals surface area contributed by atoms with E-state index in [1.165, 1.54) is 7.11 Å². The fourth-order valence-electron chi connectivity index (χ4n) is 4.03. The average Bonchev–Trinajstić information content (AvgIpc) is 2.78. The number of nitrogens with one attached hydrogen (secondary N) is 1. The SMILES string of the molecule is COC(=O)CC(c1ccc(Cl)c(NC(=O)C(c2ccc(C(C)C)cc2)C(C)C(F)(F)F)c1)C(C)C. The molecule has 0 aliphatic rings. The van der Waals surface area contributed by atoms with Gasteiger partial charge in [0.1, 0.15) is 0 Å². The average molecular weight is 512 g/mol. The van der Waals surface area contributed by atoms with Crippen molar-refractivity contribution in [2.45, 2.75) is 65.0 Å². The molecule has 2 aromatic carbocycles. The maximum Gasteiger partial charge on any atom is 0.392 e. The van der Waals surface area contributed by atoms with E-state index in [1.807, 2.05) is 27.7 Å². The smallest absolute Gasteiger partial charge is 0.392 e. The zero-order chi connectivity index (χ0) is 26.5. The molecule has 4 nitrogen and oxygen atoms in total. The summed E-state index contributed by atoms with van der Waals surface area (Å²) in [7, 11) is 1.31. The number of benzene rings is 2. The van der Waals surface area contributed by atoms with Crippen molar-refractivity contribution >= 4 is 29.2 Å². The van der Waals surface area contributed by atoms with E-state index in [4.69, 9.17) is 16.3 Å². The number of hydrogen-bond donors (Lipinski definition) is 1. The van der Waals surface area contributed by atoms with Gasteiger partial charge in [-0.05, 0) is 46.6 Å². The Bertz CT molecular complexity index is 1020. The van der Waals surface area contributed by atoms with Gasteiger partial charge in [0.25, 0.3) is 0 Å². The van der Waals surface area contributed by atoms with E-state index in [0.29, 0.717) is 0 Å². The van der Waals surface area contributed by atoms with Crippen LogP contribution >= 0.6 is 11.6 Å². The maximum absolute atomic E-state index is 13.7. The van der Waals surface area contributed by atoms with Crippen molar-refractivity contribution in [3.8, 4) is 0 Å². The van der Waals surface area contributed by atoms with Gasteiger partial charge in [-0.1, -0.05) is 76.6 Å². The number of ether oxygens (including phenoxy) is 1. The van der Waals surface area contributed by atoms with Crippen LogP contribution in [0.15, 0.2) is 42.5 Å². The lowest BCUT2D eigenvalue weighted by molar-refractivity contribution is -0.178. The summed E-state index contributed by atoms with van der Waals surface area (Å²) in [6, 6.07) is 11.6. The van der Waals surface area contributed by atoms with E-state index in [-0.39, 0.29) is 46.4 Å². The van der Waals surface area contributed by atoms with Crippen LogP contribution in [-0.2, 0) is 14.3 Å². The summed E-state index contributed by atoms with van der Waals surface area (Å²) < 4.78 is 46.0. The molecule has 35 heavy (non-hydrogen) atoms. The summed E-state index contributed by atoms with van der Waals surface area (Å²) in [5, 5.41) is 2.80. The molecule has 0 saturated heterocycles. The number of carbonyl (C=O) groups is 2. The van der Waals surface area contributed by atoms with Gasteiger partial charge in [-0.2, -0.15) is 13.2 Å². The lowest BCUT2D eigenvalue weighted by Crippen LogP contribution is -2.34. The first-order chi connectivity index (χ1) is 16.3. The molecule has 8 heteroatoms. The molecular weight excluding hydrogens is 479 g/mol. The van der Waals surface area contributed by atoms with Crippen molar-refractivity contribution in [1.29, 1.82) is 0 Å². The monoisotopic (exact) mass is 511 g/mol. The number of alkyl halides is 3. The minimum atomic E-state index is -4.58. The third-order valence-electron chi connectivity index (χ3n) is 6.36. The fourth-order valence-corrected chi connectivity index (χ4v) is 4.19. The minimum absolute atomic E-state index is 0.0660. The van der Waals surface area contributed by atoms with Crippen LogP contribution in [0, 0.1) is 11.8 Å². The van der Waals surface area contributed by atoms with Crippen molar-refractivity contribution in [3.05, 3.63) is 64.2 Å². The van der Waals surface area contributed by atoms with Crippen molar-refractivity contribution < 1.29 is 27.5 Å². The molecule has 1 amide bonds. The van der Waals surface area contributed by atoms with E-state index in [0.717, 1.165) is 18.1 Å². The van der Waals surface area contributed by atoms with Gasteiger partial charge in [0, 0.05) is 0 Å². The Balaban J connectivity index is 2.43. The topological polar surface area (TPSA) is 55.4 Å². The van der Waals surface area contributed by atoms with Crippen LogP contribution in [0.1, 0.15) is 75.5 Å². The molecule has 2 rings (SSSR count). The molecular formula is C27H33ClF3NO3. The predicted octanol–water partition coefficient (Wildman–Crippen LogP) is 7.69. The molecule has 0 spiro atoms. The molecule has 0 saturated carbocycles. The van der Waals surface area contributed by atoms with Crippen LogP contribution in [0.4, 0.5) is 18.9 Å². The Morgan fingerprint density at radius 1 is 0.943 bits per heavy atom. The van der Waals surface area contributed by atoms with Crippen LogP contribution in [0.2, 0.25) is 5.02 Å². The van der Waals surface area contributed by atoms with Crippen molar-refractivity contribution in [3.63, 3.8) is 0 Å². The second kappa shape index (κ2) is 11.9. The van der Waals surface area contributed by atoms with E-state index < -0.39 is 23.9 Å². The standard InChI is InChI=1S/C27H33ClF3NO3/c1-15(2)18-7-9-19(10-8-18)25(17(5)27(29,30)31)26(34)32-23-13-20(11-12-22(23)28)21(16(3)4)14-24(33)35-6/h7-13,15-17,21,25H,14H2,1-6H3,(H,32,34). The number of anilines is 1. The number of hydrogen-bond acceptors (Lipinski definition) is 3. The molecule has 0 aromatic heterocycles. The first-order valence-electron chi connectivity index (χ1n) is 11.6. The third-order valence-corrected chi connectivity index (χ3v) is 6.69. The van der Waals surface area contributed by atoms with Gasteiger partial charge in [-0.3, -0.25) is 9.59 Å². The quantitative estimate of drug-likeness (QED) is 0.351. The fraction of sp³-hybridized carbons (Fsp3) is 0.481. The summed E-state index contributed by atoms with van der Waals surface area (Å²) in [5.74, 6) is -4.52. The number of amides is 1. The molecule has 3 atom stereocenters. The molecule has 1 N–H and O–H groups in total. The second-order valence-electron chi connectivity index (χ2n) is 9.49. The highest BCUT2D eigenvalue weighted by Gasteiger charge is 2.45. The van der Waals surface area contributed by atoms with Crippen molar-refractivity contribution in [2.75, 3.05) is 12.4 Å². The van der Waals surface area contributed by atoms with Crippen LogP contribution in [0.3, 0.4) is 0 Å². The van der Waals surface area contributed by atoms with E-state index >= 15 is 0 Å². The van der Waals surface area contributed by atoms with E-state index in [2.05, 4.69) is 5.32 Å². The van der Waals surface area contributed by atoms with Crippen LogP contribution in [0.25, 0.3) is 0 Å². The van der Waals surface area contributed by atoms with Crippen LogP contribution < -0.4 is 5.32 Å². The Hall–Kier alpha value is -2.54. The lowest BCUT2D eigenvalue weighted by Gasteiger charge is -2.27. The number of halogens is 4. The first kappa shape index (κ1) is 28.7. The molecule has 0 aliphatic heterocycles. The number of carbonyl (C=O) groups excluding carboxylic acids is 2. The van der Waals surface area contributed by atoms with Gasteiger partial charge in [-0.15, -0.1) is 0 Å². The van der Waals surface area contributed by atoms with Gasteiger partial charge >= 0.3 is 12.1 Å². The molecule has 192 valence electrons. The first-order valence-corrected chi connectivity index (χ1v) is 12.0. The molecule has 0 radical (unpaired) electrons. The summed E-state index contributed by atoms with van der Waals surface area (Å²) >= 11 is 6.30. The molecule has 0 aliphatic carbocycles. The second-order valence-corrected chi connectivity index (χ2v) is 9.90. The Morgan fingerprint density at radius 3 is 1.97 bits per heavy atom. The lowest BCUT2D eigenvalue weighted by atomic mass is 9.84. The highest BCUT2D eigenvalue weighted by molar-refractivity contribution is 6.33. The largest absolute Gasteiger partial charge is 0.469 e. The molecule has 0 fully saturated rings. The summed E-state index contributed by atoms with van der Waals surface area (Å²) in [6.07, 6.45) is -4.45. The minimum Gasteiger partial charge on any atom is -0.469 e. The number of esters is 1. The van der Waals surface area contributed by atoms with E-state index in [9.17, 15) is 22.8 Å². The molecule has 0 heterocycles. The number of methoxy groups -OCH3 is 1. The van der Waals surface area contributed by atoms with Gasteiger partial charge < -0.3 is 10.1 Å². The highest BCUT2D eigenvalue weighted by atomic mass is 35.5. The Labute approximate surface area is 210 Å². The van der Waals surface area contributed by atoms with Gasteiger partial charge in [0.05, 0.1) is 36.1 Å². The Morgan fingerprint density at radius 2 is 1.49 bits per heavy atom. The highest BCUT2D eigenvalue weighted by Crippen LogP contribution is 2.39. The number of rotatable bonds is 9. The predicted molar refractivity (Wildman–Crippen MR) is 133 cm³/mol. The van der Waals surface area contributed by atoms with Gasteiger partial charge in [0.15, 0.2) is 0 Å². The third kappa shape index (κ3) is 7.47. The van der Waals surface area contributed by atoms with Crippen LogP contribution in [-0.4, -0.2) is 25.2 Å². The normalized spacial score (nSPS) is 14.5. The van der Waals surface area contributed by atoms with Gasteiger partial charge in [0.2, 0.25) is 5.91 Å². The molecule has 3 unspecified atom stereocenters. The zero-order valence-corrected chi connectivity index (χ0v) is 21.6. The Kier molecular flexibility index (Phi) is 9.78. The zero-order valence-electron chi connectivity index (χ0n) is 20.9. The molecule has 2 aromatic rings. The summed E-state index contributed by atoms with van der Waals surface area (Å²) in [4.78, 5) is 25.2. The van der Waals surface area contributed by atoms with Crippen molar-refractivity contribution in [2.24, 2.45) is 11.8 Å². The molecule has 0 bridgehead atoms. The van der Waals surface area contributed by atoms with Crippen molar-refractivity contribution in [1.82, 2.24) is 0 Å². The maximum atomic E-state index is 13.7. The van der Waals surface area contributed by atoms with Gasteiger partial charge in [-0.25, -0.2) is 0 Å². The van der Waals surface area contributed by atoms with Crippen LogP contribution in [0.5, 0.6) is 0 Å². The summed E-state index contributed by atoms with van der Waals surface area (Å²) in [6.45, 7) is 8.86. The summed E-state index contributed by atoms with van der Waals surface area (Å²) in [5.41, 5.74) is 2.16. The van der Waals surface area contributed by atoms with E-state index in [1.54, 1.807) is 42.5 Å².